The number of halogens is 2. The molecule has 1 aliphatic heterocycles. The van der Waals surface area contributed by atoms with Gasteiger partial charge in [0.05, 0.1) is 13.2 Å². The highest BCUT2D eigenvalue weighted by atomic mass is 19.1. The average Bonchev–Trinajstić information content (AvgIpc) is 2.63. The SMILES string of the molecule is CC(=CCN1CCOCC1)c1ccc(Oc2ccc(F)cc2F)cc1. The topological polar surface area (TPSA) is 21.7 Å². The van der Waals surface area contributed by atoms with Crippen LogP contribution in [0.25, 0.3) is 5.57 Å². The van der Waals surface area contributed by atoms with Gasteiger partial charge in [0.2, 0.25) is 0 Å². The summed E-state index contributed by atoms with van der Waals surface area (Å²) in [6, 6.07) is 10.7. The second kappa shape index (κ2) is 8.23. The van der Waals surface area contributed by atoms with Crippen molar-refractivity contribution in [2.45, 2.75) is 6.92 Å². The van der Waals surface area contributed by atoms with Crippen molar-refractivity contribution < 1.29 is 18.3 Å². The largest absolute Gasteiger partial charge is 0.454 e. The van der Waals surface area contributed by atoms with Gasteiger partial charge in [-0.3, -0.25) is 4.90 Å². The molecule has 0 saturated carbocycles. The Labute approximate surface area is 146 Å². The monoisotopic (exact) mass is 345 g/mol. The van der Waals surface area contributed by atoms with E-state index in [0.29, 0.717) is 5.75 Å². The Bertz CT molecular complexity index is 738. The van der Waals surface area contributed by atoms with Crippen molar-refractivity contribution in [3.63, 3.8) is 0 Å². The van der Waals surface area contributed by atoms with Crippen molar-refractivity contribution >= 4 is 5.57 Å². The fourth-order valence-electron chi connectivity index (χ4n) is 2.64. The van der Waals surface area contributed by atoms with Gasteiger partial charge in [-0.15, -0.1) is 0 Å². The van der Waals surface area contributed by atoms with Gasteiger partial charge >= 0.3 is 0 Å². The third kappa shape index (κ3) is 4.87. The van der Waals surface area contributed by atoms with Crippen molar-refractivity contribution in [1.29, 1.82) is 0 Å². The molecule has 0 radical (unpaired) electrons. The number of benzene rings is 2. The van der Waals surface area contributed by atoms with E-state index < -0.39 is 11.6 Å². The normalized spacial score (nSPS) is 16.0. The molecule has 132 valence electrons. The van der Waals surface area contributed by atoms with E-state index in [4.69, 9.17) is 9.47 Å². The third-order valence-corrected chi connectivity index (χ3v) is 4.19. The van der Waals surface area contributed by atoms with E-state index in [-0.39, 0.29) is 5.75 Å². The number of rotatable bonds is 5. The molecule has 2 aromatic rings. The molecule has 3 rings (SSSR count). The molecule has 0 bridgehead atoms. The maximum absolute atomic E-state index is 13.6. The summed E-state index contributed by atoms with van der Waals surface area (Å²) in [5.74, 6) is -0.823. The van der Waals surface area contributed by atoms with Gasteiger partial charge in [-0.1, -0.05) is 18.2 Å². The zero-order valence-corrected chi connectivity index (χ0v) is 14.2. The maximum Gasteiger partial charge on any atom is 0.168 e. The molecule has 0 unspecified atom stereocenters. The van der Waals surface area contributed by atoms with E-state index >= 15 is 0 Å². The van der Waals surface area contributed by atoms with Crippen LogP contribution in [0.4, 0.5) is 8.78 Å². The molecule has 0 amide bonds. The molecule has 1 fully saturated rings. The first-order chi connectivity index (χ1) is 12.1. The van der Waals surface area contributed by atoms with Crippen LogP contribution in [0, 0.1) is 11.6 Å². The molecule has 3 nitrogen and oxygen atoms in total. The lowest BCUT2D eigenvalue weighted by Crippen LogP contribution is -2.36. The Balaban J connectivity index is 1.62. The van der Waals surface area contributed by atoms with Gasteiger partial charge < -0.3 is 9.47 Å². The standard InChI is InChI=1S/C20H21F2NO2/c1-15(8-9-23-10-12-24-13-11-23)16-2-5-18(6-3-16)25-20-7-4-17(21)14-19(20)22/h2-8,14H,9-13H2,1H3. The third-order valence-electron chi connectivity index (χ3n) is 4.19. The molecule has 0 spiro atoms. The Morgan fingerprint density at radius 1 is 1.12 bits per heavy atom. The number of nitrogens with zero attached hydrogens (tertiary/aromatic N) is 1. The summed E-state index contributed by atoms with van der Waals surface area (Å²) in [5, 5.41) is 0. The Morgan fingerprint density at radius 3 is 2.52 bits per heavy atom. The quantitative estimate of drug-likeness (QED) is 0.797. The zero-order valence-electron chi connectivity index (χ0n) is 14.2. The first-order valence-corrected chi connectivity index (χ1v) is 8.32. The number of allylic oxidation sites excluding steroid dienone is 1. The van der Waals surface area contributed by atoms with Gasteiger partial charge in [-0.25, -0.2) is 8.78 Å². The summed E-state index contributed by atoms with van der Waals surface area (Å²) in [4.78, 5) is 2.35. The highest BCUT2D eigenvalue weighted by Gasteiger charge is 2.09. The van der Waals surface area contributed by atoms with Crippen LogP contribution in [-0.4, -0.2) is 37.7 Å². The maximum atomic E-state index is 13.6. The second-order valence-corrected chi connectivity index (χ2v) is 6.00. The number of morpholine rings is 1. The molecule has 25 heavy (non-hydrogen) atoms. The van der Waals surface area contributed by atoms with Crippen LogP contribution >= 0.6 is 0 Å². The minimum atomic E-state index is -0.717. The average molecular weight is 345 g/mol. The highest BCUT2D eigenvalue weighted by molar-refractivity contribution is 5.64. The lowest BCUT2D eigenvalue weighted by atomic mass is 10.1. The first-order valence-electron chi connectivity index (χ1n) is 8.32. The van der Waals surface area contributed by atoms with E-state index in [1.807, 2.05) is 12.1 Å². The van der Waals surface area contributed by atoms with E-state index in [0.717, 1.165) is 44.5 Å². The first kappa shape index (κ1) is 17.6. The van der Waals surface area contributed by atoms with Crippen LogP contribution in [0.5, 0.6) is 11.5 Å². The second-order valence-electron chi connectivity index (χ2n) is 6.00. The van der Waals surface area contributed by atoms with Gasteiger partial charge in [0.25, 0.3) is 0 Å². The summed E-state index contributed by atoms with van der Waals surface area (Å²) in [6.07, 6.45) is 2.20. The van der Waals surface area contributed by atoms with Crippen LogP contribution < -0.4 is 4.74 Å². The molecule has 1 aliphatic rings. The highest BCUT2D eigenvalue weighted by Crippen LogP contribution is 2.26. The number of hydrogen-bond acceptors (Lipinski definition) is 3. The smallest absolute Gasteiger partial charge is 0.168 e. The van der Waals surface area contributed by atoms with Crippen molar-refractivity contribution in [1.82, 2.24) is 4.90 Å². The molecular weight excluding hydrogens is 324 g/mol. The van der Waals surface area contributed by atoms with Crippen molar-refractivity contribution in [2.75, 3.05) is 32.8 Å². The van der Waals surface area contributed by atoms with E-state index in [2.05, 4.69) is 17.9 Å². The molecule has 0 atom stereocenters. The van der Waals surface area contributed by atoms with Gasteiger partial charge in [0.15, 0.2) is 11.6 Å². The molecular formula is C20H21F2NO2. The molecule has 0 aromatic heterocycles. The van der Waals surface area contributed by atoms with Crippen LogP contribution in [0.3, 0.4) is 0 Å². The fraction of sp³-hybridized carbons (Fsp3) is 0.300. The Hall–Kier alpha value is -2.24. The Morgan fingerprint density at radius 2 is 1.84 bits per heavy atom. The summed E-state index contributed by atoms with van der Waals surface area (Å²) in [7, 11) is 0. The molecule has 1 heterocycles. The molecule has 1 saturated heterocycles. The minimum absolute atomic E-state index is 0.00808. The van der Waals surface area contributed by atoms with Crippen molar-refractivity contribution in [3.8, 4) is 11.5 Å². The Kier molecular flexibility index (Phi) is 5.79. The molecule has 5 heteroatoms. The van der Waals surface area contributed by atoms with Crippen LogP contribution in [0.2, 0.25) is 0 Å². The van der Waals surface area contributed by atoms with E-state index in [1.54, 1.807) is 12.1 Å². The van der Waals surface area contributed by atoms with Gasteiger partial charge in [0.1, 0.15) is 11.6 Å². The van der Waals surface area contributed by atoms with E-state index in [1.165, 1.54) is 17.7 Å². The van der Waals surface area contributed by atoms with Crippen molar-refractivity contribution in [2.24, 2.45) is 0 Å². The lowest BCUT2D eigenvalue weighted by Gasteiger charge is -2.25. The zero-order chi connectivity index (χ0) is 17.6. The summed E-state index contributed by atoms with van der Waals surface area (Å²) < 4.78 is 37.4. The summed E-state index contributed by atoms with van der Waals surface area (Å²) >= 11 is 0. The van der Waals surface area contributed by atoms with Crippen LogP contribution in [0.1, 0.15) is 12.5 Å². The number of ether oxygens (including phenoxy) is 2. The van der Waals surface area contributed by atoms with Crippen LogP contribution in [-0.2, 0) is 4.74 Å². The summed E-state index contributed by atoms with van der Waals surface area (Å²) in [6.45, 7) is 6.46. The summed E-state index contributed by atoms with van der Waals surface area (Å²) in [5.41, 5.74) is 2.26. The van der Waals surface area contributed by atoms with Gasteiger partial charge in [-0.2, -0.15) is 0 Å². The van der Waals surface area contributed by atoms with Gasteiger partial charge in [-0.05, 0) is 42.3 Å². The minimum Gasteiger partial charge on any atom is -0.454 e. The predicted octanol–water partition coefficient (Wildman–Crippen LogP) is 4.49. The lowest BCUT2D eigenvalue weighted by molar-refractivity contribution is 0.0435. The fourth-order valence-corrected chi connectivity index (χ4v) is 2.64. The van der Waals surface area contributed by atoms with Crippen LogP contribution in [0.15, 0.2) is 48.5 Å². The van der Waals surface area contributed by atoms with Gasteiger partial charge in [0, 0.05) is 25.7 Å². The molecule has 0 N–H and O–H groups in total. The number of hydrogen-bond donors (Lipinski definition) is 0. The van der Waals surface area contributed by atoms with Crippen molar-refractivity contribution in [3.05, 3.63) is 65.7 Å². The molecule has 2 aromatic carbocycles. The molecule has 0 aliphatic carbocycles. The predicted molar refractivity (Wildman–Crippen MR) is 93.8 cm³/mol. The van der Waals surface area contributed by atoms with E-state index in [9.17, 15) is 8.78 Å².